The van der Waals surface area contributed by atoms with Gasteiger partial charge in [0.2, 0.25) is 0 Å². The lowest BCUT2D eigenvalue weighted by atomic mass is 9.98. The lowest BCUT2D eigenvalue weighted by Crippen LogP contribution is -2.09. The summed E-state index contributed by atoms with van der Waals surface area (Å²) < 4.78 is 5.11. The molecule has 0 aromatic heterocycles. The topological polar surface area (TPSA) is 46.5 Å². The summed E-state index contributed by atoms with van der Waals surface area (Å²) in [4.78, 5) is 10.8. The molecular weight excluding hydrogens is 180 g/mol. The second-order valence-corrected chi connectivity index (χ2v) is 3.31. The van der Waals surface area contributed by atoms with Crippen LogP contribution in [0.1, 0.15) is 24.0 Å². The quantitative estimate of drug-likeness (QED) is 0.802. The van der Waals surface area contributed by atoms with E-state index in [4.69, 9.17) is 9.84 Å². The molecule has 76 valence electrons. The summed E-state index contributed by atoms with van der Waals surface area (Å²) in [5, 5.41) is 8.89. The van der Waals surface area contributed by atoms with Crippen molar-refractivity contribution >= 4 is 5.97 Å². The van der Waals surface area contributed by atoms with Crippen molar-refractivity contribution in [3.63, 3.8) is 0 Å². The highest BCUT2D eigenvalue weighted by Gasteiger charge is 2.17. The molecule has 0 bridgehead atoms. The fourth-order valence-electron chi connectivity index (χ4n) is 1.33. The van der Waals surface area contributed by atoms with Gasteiger partial charge in [-0.2, -0.15) is 0 Å². The maximum atomic E-state index is 10.8. The molecule has 0 fully saturated rings. The summed E-state index contributed by atoms with van der Waals surface area (Å²) in [5.74, 6) is -0.746. The van der Waals surface area contributed by atoms with Crippen LogP contribution in [-0.4, -0.2) is 18.2 Å². The highest BCUT2D eigenvalue weighted by molar-refractivity contribution is 5.76. The SMILES string of the molecule is COc1ccc(C)cc1[C@H](C)C(=O)O. The number of ether oxygens (including phenoxy) is 1. The Morgan fingerprint density at radius 3 is 2.64 bits per heavy atom. The van der Waals surface area contributed by atoms with E-state index in [0.717, 1.165) is 11.1 Å². The van der Waals surface area contributed by atoms with Crippen LogP contribution in [0.25, 0.3) is 0 Å². The third-order valence-corrected chi connectivity index (χ3v) is 2.22. The van der Waals surface area contributed by atoms with Gasteiger partial charge in [0, 0.05) is 5.56 Å². The fourth-order valence-corrected chi connectivity index (χ4v) is 1.33. The Bertz CT molecular complexity index is 344. The maximum absolute atomic E-state index is 10.8. The molecule has 0 saturated carbocycles. The number of carboxylic acids is 1. The fraction of sp³-hybridized carbons (Fsp3) is 0.364. The highest BCUT2D eigenvalue weighted by atomic mass is 16.5. The van der Waals surface area contributed by atoms with E-state index in [1.54, 1.807) is 20.1 Å². The zero-order chi connectivity index (χ0) is 10.7. The first-order valence-corrected chi connectivity index (χ1v) is 4.43. The third kappa shape index (κ3) is 2.05. The van der Waals surface area contributed by atoms with Crippen LogP contribution in [0.15, 0.2) is 18.2 Å². The number of methoxy groups -OCH3 is 1. The number of aliphatic carboxylic acids is 1. The van der Waals surface area contributed by atoms with E-state index in [2.05, 4.69) is 0 Å². The minimum Gasteiger partial charge on any atom is -0.496 e. The molecule has 0 heterocycles. The summed E-state index contributed by atoms with van der Waals surface area (Å²) >= 11 is 0. The van der Waals surface area contributed by atoms with Gasteiger partial charge in [0.25, 0.3) is 0 Å². The van der Waals surface area contributed by atoms with Crippen LogP contribution in [0.2, 0.25) is 0 Å². The predicted molar refractivity (Wildman–Crippen MR) is 53.8 cm³/mol. The van der Waals surface area contributed by atoms with E-state index in [0.29, 0.717) is 5.75 Å². The van der Waals surface area contributed by atoms with Gasteiger partial charge in [-0.15, -0.1) is 0 Å². The lowest BCUT2D eigenvalue weighted by molar-refractivity contribution is -0.138. The van der Waals surface area contributed by atoms with Crippen molar-refractivity contribution in [1.29, 1.82) is 0 Å². The molecule has 0 aliphatic heterocycles. The largest absolute Gasteiger partial charge is 0.496 e. The molecule has 1 atom stereocenters. The van der Waals surface area contributed by atoms with Crippen LogP contribution in [-0.2, 0) is 4.79 Å². The van der Waals surface area contributed by atoms with Gasteiger partial charge in [0.15, 0.2) is 0 Å². The predicted octanol–water partition coefficient (Wildman–Crippen LogP) is 2.19. The molecule has 0 amide bonds. The minimum absolute atomic E-state index is 0.537. The summed E-state index contributed by atoms with van der Waals surface area (Å²) in [7, 11) is 1.54. The van der Waals surface area contributed by atoms with Gasteiger partial charge in [0.1, 0.15) is 5.75 Å². The molecule has 0 aliphatic rings. The van der Waals surface area contributed by atoms with E-state index in [1.807, 2.05) is 19.1 Å². The third-order valence-electron chi connectivity index (χ3n) is 2.22. The summed E-state index contributed by atoms with van der Waals surface area (Å²) in [6, 6.07) is 5.54. The zero-order valence-electron chi connectivity index (χ0n) is 8.57. The van der Waals surface area contributed by atoms with Gasteiger partial charge in [-0.1, -0.05) is 17.7 Å². The van der Waals surface area contributed by atoms with Crippen molar-refractivity contribution in [3.05, 3.63) is 29.3 Å². The van der Waals surface area contributed by atoms with Crippen LogP contribution in [0.4, 0.5) is 0 Å². The summed E-state index contributed by atoms with van der Waals surface area (Å²) in [6.07, 6.45) is 0. The molecule has 0 saturated heterocycles. The molecule has 0 unspecified atom stereocenters. The first kappa shape index (κ1) is 10.6. The Morgan fingerprint density at radius 1 is 1.50 bits per heavy atom. The highest BCUT2D eigenvalue weighted by Crippen LogP contribution is 2.27. The Labute approximate surface area is 83.3 Å². The summed E-state index contributed by atoms with van der Waals surface area (Å²) in [6.45, 7) is 3.58. The van der Waals surface area contributed by atoms with Crippen LogP contribution in [0.3, 0.4) is 0 Å². The zero-order valence-corrected chi connectivity index (χ0v) is 8.57. The Kier molecular flexibility index (Phi) is 3.12. The maximum Gasteiger partial charge on any atom is 0.310 e. The molecule has 0 radical (unpaired) electrons. The average molecular weight is 194 g/mol. The number of carboxylic acid groups (broad SMARTS) is 1. The van der Waals surface area contributed by atoms with E-state index in [1.165, 1.54) is 0 Å². The average Bonchev–Trinajstić information content (AvgIpc) is 2.16. The smallest absolute Gasteiger partial charge is 0.310 e. The van der Waals surface area contributed by atoms with E-state index in [-0.39, 0.29) is 0 Å². The second-order valence-electron chi connectivity index (χ2n) is 3.31. The van der Waals surface area contributed by atoms with E-state index >= 15 is 0 Å². The number of hydrogen-bond donors (Lipinski definition) is 1. The van der Waals surface area contributed by atoms with E-state index in [9.17, 15) is 4.79 Å². The van der Waals surface area contributed by atoms with Crippen LogP contribution < -0.4 is 4.74 Å². The van der Waals surface area contributed by atoms with Crippen molar-refractivity contribution in [2.75, 3.05) is 7.11 Å². The van der Waals surface area contributed by atoms with Gasteiger partial charge in [-0.05, 0) is 19.9 Å². The van der Waals surface area contributed by atoms with Gasteiger partial charge < -0.3 is 9.84 Å². The number of aryl methyl sites for hydroxylation is 1. The van der Waals surface area contributed by atoms with Crippen molar-refractivity contribution in [2.45, 2.75) is 19.8 Å². The van der Waals surface area contributed by atoms with E-state index < -0.39 is 11.9 Å². The van der Waals surface area contributed by atoms with Crippen molar-refractivity contribution in [2.24, 2.45) is 0 Å². The molecule has 3 nitrogen and oxygen atoms in total. The van der Waals surface area contributed by atoms with Gasteiger partial charge >= 0.3 is 5.97 Å². The number of benzene rings is 1. The number of carbonyl (C=O) groups is 1. The molecule has 3 heteroatoms. The first-order valence-electron chi connectivity index (χ1n) is 4.43. The van der Waals surface area contributed by atoms with Gasteiger partial charge in [0.05, 0.1) is 13.0 Å². The lowest BCUT2D eigenvalue weighted by Gasteiger charge is -2.12. The molecule has 0 aliphatic carbocycles. The molecule has 1 N–H and O–H groups in total. The van der Waals surface area contributed by atoms with Crippen molar-refractivity contribution in [3.8, 4) is 5.75 Å². The molecule has 1 aromatic carbocycles. The van der Waals surface area contributed by atoms with Crippen molar-refractivity contribution < 1.29 is 14.6 Å². The second kappa shape index (κ2) is 4.13. The van der Waals surface area contributed by atoms with Crippen LogP contribution >= 0.6 is 0 Å². The van der Waals surface area contributed by atoms with Crippen molar-refractivity contribution in [1.82, 2.24) is 0 Å². The molecule has 1 rings (SSSR count). The van der Waals surface area contributed by atoms with Gasteiger partial charge in [-0.3, -0.25) is 4.79 Å². The van der Waals surface area contributed by atoms with Crippen LogP contribution in [0.5, 0.6) is 5.75 Å². The molecule has 0 spiro atoms. The Morgan fingerprint density at radius 2 is 2.14 bits per heavy atom. The summed E-state index contributed by atoms with van der Waals surface area (Å²) in [5.41, 5.74) is 1.76. The molecule has 1 aromatic rings. The Hall–Kier alpha value is -1.51. The number of rotatable bonds is 3. The standard InChI is InChI=1S/C11H14O3/c1-7-4-5-10(14-3)9(6-7)8(2)11(12)13/h4-6,8H,1-3H3,(H,12,13)/t8-/m0/s1. The number of hydrogen-bond acceptors (Lipinski definition) is 2. The first-order chi connectivity index (χ1) is 6.56. The molecule has 14 heavy (non-hydrogen) atoms. The van der Waals surface area contributed by atoms with Crippen LogP contribution in [0, 0.1) is 6.92 Å². The monoisotopic (exact) mass is 194 g/mol. The van der Waals surface area contributed by atoms with Gasteiger partial charge in [-0.25, -0.2) is 0 Å². The minimum atomic E-state index is -0.839. The normalized spacial score (nSPS) is 12.2. The Balaban J connectivity index is 3.16. The molecular formula is C11H14O3.